The molecule has 0 bridgehead atoms. The first-order chi connectivity index (χ1) is 8.74. The fourth-order valence-corrected chi connectivity index (χ4v) is 3.69. The van der Waals surface area contributed by atoms with Crippen LogP contribution in [0.1, 0.15) is 18.9 Å². The average Bonchev–Trinajstić information content (AvgIpc) is 2.41. The zero-order valence-corrected chi connectivity index (χ0v) is 12.7. The Hall–Kier alpha value is -0.380. The van der Waals surface area contributed by atoms with E-state index in [9.17, 15) is 0 Å². The van der Waals surface area contributed by atoms with E-state index in [-0.39, 0.29) is 0 Å². The van der Waals surface area contributed by atoms with Crippen LogP contribution >= 0.6 is 23.4 Å². The Balaban J connectivity index is 2.10. The van der Waals surface area contributed by atoms with E-state index in [1.165, 1.54) is 23.4 Å². The Morgan fingerprint density at radius 1 is 1.50 bits per heavy atom. The highest BCUT2D eigenvalue weighted by atomic mass is 35.5. The van der Waals surface area contributed by atoms with Gasteiger partial charge < -0.3 is 10.2 Å². The number of nitrogens with one attached hydrogen (secondary N) is 1. The maximum absolute atomic E-state index is 6.33. The minimum atomic E-state index is 0.759. The van der Waals surface area contributed by atoms with Crippen LogP contribution in [0.25, 0.3) is 0 Å². The summed E-state index contributed by atoms with van der Waals surface area (Å²) in [6.45, 7) is 5.36. The van der Waals surface area contributed by atoms with E-state index in [2.05, 4.69) is 47.1 Å². The molecule has 1 aliphatic heterocycles. The number of benzene rings is 1. The summed E-state index contributed by atoms with van der Waals surface area (Å²) in [5.74, 6) is 1.22. The maximum Gasteiger partial charge on any atom is 0.0471 e. The van der Waals surface area contributed by atoms with Gasteiger partial charge in [0, 0.05) is 41.3 Å². The van der Waals surface area contributed by atoms with Crippen LogP contribution in [0.15, 0.2) is 18.2 Å². The molecule has 2 rings (SSSR count). The van der Waals surface area contributed by atoms with Crippen LogP contribution in [0.5, 0.6) is 0 Å². The monoisotopic (exact) mass is 284 g/mol. The molecule has 1 fully saturated rings. The van der Waals surface area contributed by atoms with Crippen LogP contribution in [0, 0.1) is 0 Å². The van der Waals surface area contributed by atoms with E-state index < -0.39 is 0 Å². The minimum Gasteiger partial charge on any atom is -0.370 e. The van der Waals surface area contributed by atoms with Gasteiger partial charge in [-0.2, -0.15) is 11.8 Å². The SMILES string of the molecule is CCC1CN(c2ccc(CNC)c(Cl)c2)CCS1. The normalized spacial score (nSPS) is 20.2. The van der Waals surface area contributed by atoms with Gasteiger partial charge in [-0.1, -0.05) is 24.6 Å². The van der Waals surface area contributed by atoms with E-state index in [1.54, 1.807) is 0 Å². The summed E-state index contributed by atoms with van der Waals surface area (Å²) in [5.41, 5.74) is 2.43. The van der Waals surface area contributed by atoms with Crippen LogP contribution in [0.3, 0.4) is 0 Å². The van der Waals surface area contributed by atoms with Crippen molar-refractivity contribution in [3.8, 4) is 0 Å². The predicted octanol–water partition coefficient (Wildman–Crippen LogP) is 3.39. The Bertz CT molecular complexity index is 397. The lowest BCUT2D eigenvalue weighted by molar-refractivity contribution is 0.728. The Morgan fingerprint density at radius 3 is 3.00 bits per heavy atom. The zero-order valence-electron chi connectivity index (χ0n) is 11.1. The van der Waals surface area contributed by atoms with E-state index in [0.29, 0.717) is 0 Å². The molecule has 0 amide bonds. The molecule has 0 saturated carbocycles. The highest BCUT2D eigenvalue weighted by molar-refractivity contribution is 8.00. The molecule has 1 N–H and O–H groups in total. The Kier molecular flexibility index (Phi) is 5.22. The summed E-state index contributed by atoms with van der Waals surface area (Å²) in [4.78, 5) is 2.46. The summed E-state index contributed by atoms with van der Waals surface area (Å²) >= 11 is 8.42. The fourth-order valence-electron chi connectivity index (χ4n) is 2.27. The molecule has 18 heavy (non-hydrogen) atoms. The summed E-state index contributed by atoms with van der Waals surface area (Å²) < 4.78 is 0. The van der Waals surface area contributed by atoms with Gasteiger partial charge in [-0.15, -0.1) is 0 Å². The van der Waals surface area contributed by atoms with Gasteiger partial charge >= 0.3 is 0 Å². The second-order valence-electron chi connectivity index (χ2n) is 4.65. The van der Waals surface area contributed by atoms with Gasteiger partial charge in [0.2, 0.25) is 0 Å². The van der Waals surface area contributed by atoms with Crippen molar-refractivity contribution in [1.29, 1.82) is 0 Å². The first-order valence-corrected chi connectivity index (χ1v) is 7.96. The zero-order chi connectivity index (χ0) is 13.0. The van der Waals surface area contributed by atoms with Gasteiger partial charge in [0.15, 0.2) is 0 Å². The number of thioether (sulfide) groups is 1. The summed E-state index contributed by atoms with van der Waals surface area (Å²) in [6.07, 6.45) is 1.24. The first-order valence-electron chi connectivity index (χ1n) is 6.54. The highest BCUT2D eigenvalue weighted by Gasteiger charge is 2.19. The molecule has 1 saturated heterocycles. The molecule has 1 unspecified atom stereocenters. The van der Waals surface area contributed by atoms with Crippen molar-refractivity contribution in [3.05, 3.63) is 28.8 Å². The molecule has 4 heteroatoms. The lowest BCUT2D eigenvalue weighted by atomic mass is 10.1. The van der Waals surface area contributed by atoms with Crippen LogP contribution in [0.2, 0.25) is 5.02 Å². The number of halogens is 1. The van der Waals surface area contributed by atoms with Gasteiger partial charge in [-0.05, 0) is 31.2 Å². The van der Waals surface area contributed by atoms with Crippen molar-refractivity contribution in [2.45, 2.75) is 25.1 Å². The van der Waals surface area contributed by atoms with Crippen molar-refractivity contribution in [2.75, 3.05) is 30.8 Å². The van der Waals surface area contributed by atoms with Crippen LogP contribution in [-0.4, -0.2) is 31.1 Å². The van der Waals surface area contributed by atoms with Crippen LogP contribution < -0.4 is 10.2 Å². The Morgan fingerprint density at radius 2 is 2.33 bits per heavy atom. The van der Waals surface area contributed by atoms with Gasteiger partial charge in [-0.25, -0.2) is 0 Å². The molecule has 1 aromatic rings. The van der Waals surface area contributed by atoms with E-state index >= 15 is 0 Å². The van der Waals surface area contributed by atoms with E-state index in [4.69, 9.17) is 11.6 Å². The fraction of sp³-hybridized carbons (Fsp3) is 0.571. The quantitative estimate of drug-likeness (QED) is 0.912. The van der Waals surface area contributed by atoms with Gasteiger partial charge in [-0.3, -0.25) is 0 Å². The van der Waals surface area contributed by atoms with Gasteiger partial charge in [0.1, 0.15) is 0 Å². The highest BCUT2D eigenvalue weighted by Crippen LogP contribution is 2.28. The average molecular weight is 285 g/mol. The van der Waals surface area contributed by atoms with Crippen molar-refractivity contribution in [1.82, 2.24) is 5.32 Å². The topological polar surface area (TPSA) is 15.3 Å². The second kappa shape index (κ2) is 6.69. The molecular formula is C14H21ClN2S. The number of nitrogens with zero attached hydrogens (tertiary/aromatic N) is 1. The minimum absolute atomic E-state index is 0.759. The molecular weight excluding hydrogens is 264 g/mol. The first kappa shape index (κ1) is 14.0. The van der Waals surface area contributed by atoms with Gasteiger partial charge in [0.25, 0.3) is 0 Å². The van der Waals surface area contributed by atoms with Crippen LogP contribution in [-0.2, 0) is 6.54 Å². The molecule has 0 aliphatic carbocycles. The lowest BCUT2D eigenvalue weighted by Crippen LogP contribution is -2.37. The largest absolute Gasteiger partial charge is 0.370 e. The molecule has 1 aliphatic rings. The molecule has 0 spiro atoms. The second-order valence-corrected chi connectivity index (χ2v) is 6.47. The molecule has 1 heterocycles. The molecule has 0 aromatic heterocycles. The third-order valence-corrected chi connectivity index (χ3v) is 5.09. The summed E-state index contributed by atoms with van der Waals surface area (Å²) in [6, 6.07) is 6.44. The van der Waals surface area contributed by atoms with Crippen molar-refractivity contribution in [3.63, 3.8) is 0 Å². The van der Waals surface area contributed by atoms with E-state index in [1.807, 2.05) is 7.05 Å². The number of anilines is 1. The summed E-state index contributed by atoms with van der Waals surface area (Å²) in [5, 5.41) is 4.77. The number of hydrogen-bond donors (Lipinski definition) is 1. The number of hydrogen-bond acceptors (Lipinski definition) is 3. The molecule has 0 radical (unpaired) electrons. The van der Waals surface area contributed by atoms with E-state index in [0.717, 1.165) is 29.9 Å². The lowest BCUT2D eigenvalue weighted by Gasteiger charge is -2.34. The van der Waals surface area contributed by atoms with Crippen molar-refractivity contribution >= 4 is 29.1 Å². The Labute approximate surface area is 119 Å². The smallest absolute Gasteiger partial charge is 0.0471 e. The summed E-state index contributed by atoms with van der Waals surface area (Å²) in [7, 11) is 1.94. The van der Waals surface area contributed by atoms with Crippen LogP contribution in [0.4, 0.5) is 5.69 Å². The van der Waals surface area contributed by atoms with Gasteiger partial charge in [0.05, 0.1) is 0 Å². The third kappa shape index (κ3) is 3.34. The molecule has 1 aromatic carbocycles. The molecule has 1 atom stereocenters. The predicted molar refractivity (Wildman–Crippen MR) is 83.0 cm³/mol. The number of rotatable bonds is 4. The van der Waals surface area contributed by atoms with Crippen molar-refractivity contribution < 1.29 is 0 Å². The molecule has 100 valence electrons. The molecule has 2 nitrogen and oxygen atoms in total. The van der Waals surface area contributed by atoms with Crippen molar-refractivity contribution in [2.24, 2.45) is 0 Å². The standard InChI is InChI=1S/C14H21ClN2S/c1-3-13-10-17(6-7-18-13)12-5-4-11(9-16-2)14(15)8-12/h4-5,8,13,16H,3,6-7,9-10H2,1-2H3. The third-order valence-electron chi connectivity index (χ3n) is 3.36. The maximum atomic E-state index is 6.33.